The maximum Gasteiger partial charge on any atom is 0.364 e. The normalized spacial score (nSPS) is 18.1. The summed E-state index contributed by atoms with van der Waals surface area (Å²) >= 11 is 0. The minimum absolute atomic E-state index is 0.0669. The summed E-state index contributed by atoms with van der Waals surface area (Å²) in [4.78, 5) is 22.9. The van der Waals surface area contributed by atoms with E-state index in [-0.39, 0.29) is 23.7 Å². The van der Waals surface area contributed by atoms with Gasteiger partial charge in [0.15, 0.2) is 5.78 Å². The first-order valence-corrected chi connectivity index (χ1v) is 9.25. The van der Waals surface area contributed by atoms with Gasteiger partial charge in [-0.3, -0.25) is 9.59 Å². The van der Waals surface area contributed by atoms with Gasteiger partial charge in [-0.05, 0) is 11.1 Å². The molecule has 0 bridgehead atoms. The number of carbonyl (C=O) groups is 2. The van der Waals surface area contributed by atoms with E-state index in [0.717, 1.165) is 0 Å². The van der Waals surface area contributed by atoms with Gasteiger partial charge >= 0.3 is 6.98 Å². The zero-order valence-electron chi connectivity index (χ0n) is 12.2. The topological polar surface area (TPSA) is 49.4 Å². The Morgan fingerprint density at radius 2 is 2.00 bits per heavy atom. The molecule has 0 aromatic rings. The lowest BCUT2D eigenvalue weighted by Gasteiger charge is -2.48. The monoisotopic (exact) mass is 266 g/mol. The highest BCUT2D eigenvalue weighted by atomic mass is 28.3. The maximum absolute atomic E-state index is 11.7. The van der Waals surface area contributed by atoms with Gasteiger partial charge in [-0.1, -0.05) is 39.8 Å². The molecule has 1 rings (SSSR count). The molecule has 0 aromatic heterocycles. The number of nitrogens with zero attached hydrogens (tertiary/aromatic N) is 1. The highest BCUT2D eigenvalue weighted by molar-refractivity contribution is 6.87. The average molecular weight is 266 g/mol. The fraction of sp³-hybridized carbons (Fsp3) is 0.667. The van der Waals surface area contributed by atoms with E-state index in [1.165, 1.54) is 6.92 Å². The molecule has 4 nitrogen and oxygen atoms in total. The molecule has 1 aliphatic rings. The van der Waals surface area contributed by atoms with Crippen LogP contribution >= 0.6 is 0 Å². The zero-order chi connectivity index (χ0) is 14.1. The molecule has 1 aliphatic heterocycles. The molecule has 0 radical (unpaired) electrons. The molecule has 100 valence electrons. The highest BCUT2D eigenvalue weighted by Crippen LogP contribution is 2.38. The van der Waals surface area contributed by atoms with Gasteiger partial charge in [0.1, 0.15) is 8.24 Å². The fourth-order valence-corrected chi connectivity index (χ4v) is 4.19. The SMILES string of the molecule is CC(=O)NB1C=CC(=O)CN1[Si](C)(C)C(C)(C)C. The Bertz CT molecular complexity index is 388. The molecule has 0 spiro atoms. The Morgan fingerprint density at radius 1 is 1.44 bits per heavy atom. The molecule has 0 saturated carbocycles. The second-order valence-corrected chi connectivity index (χ2v) is 11.6. The number of ketones is 1. The Balaban J connectivity index is 3.06. The van der Waals surface area contributed by atoms with E-state index in [2.05, 4.69) is 43.6 Å². The average Bonchev–Trinajstić information content (AvgIpc) is 2.18. The van der Waals surface area contributed by atoms with Crippen molar-refractivity contribution in [3.8, 4) is 0 Å². The highest BCUT2D eigenvalue weighted by Gasteiger charge is 2.46. The van der Waals surface area contributed by atoms with Crippen LogP contribution in [0, 0.1) is 0 Å². The van der Waals surface area contributed by atoms with Gasteiger partial charge in [0.2, 0.25) is 5.91 Å². The molecular weight excluding hydrogens is 243 g/mol. The summed E-state index contributed by atoms with van der Waals surface area (Å²) in [5.41, 5.74) is 0. The Labute approximate surface area is 111 Å². The van der Waals surface area contributed by atoms with Gasteiger partial charge in [0.25, 0.3) is 0 Å². The number of nitrogens with one attached hydrogen (secondary N) is 1. The summed E-state index contributed by atoms with van der Waals surface area (Å²) in [7, 11) is -1.83. The van der Waals surface area contributed by atoms with Gasteiger partial charge in [-0.2, -0.15) is 0 Å². The van der Waals surface area contributed by atoms with Crippen molar-refractivity contribution >= 4 is 26.9 Å². The lowest BCUT2D eigenvalue weighted by atomic mass is 9.73. The Hall–Kier alpha value is -0.878. The molecule has 1 N–H and O–H groups in total. The minimum atomic E-state index is -1.83. The van der Waals surface area contributed by atoms with Crippen LogP contribution in [-0.4, -0.2) is 37.9 Å². The molecule has 1 heterocycles. The van der Waals surface area contributed by atoms with Crippen LogP contribution in [0.4, 0.5) is 0 Å². The fourth-order valence-electron chi connectivity index (χ4n) is 1.93. The Morgan fingerprint density at radius 3 is 2.44 bits per heavy atom. The standard InChI is InChI=1S/C12H23BN2O2Si/c1-10(16)14-13-8-7-11(17)9-15(13)18(5,6)12(2,3)4/h7-8H,9H2,1-6H3,(H,14,16). The largest absolute Gasteiger partial charge is 0.382 e. The van der Waals surface area contributed by atoms with E-state index in [4.69, 9.17) is 0 Å². The van der Waals surface area contributed by atoms with Crippen LogP contribution in [0.15, 0.2) is 12.1 Å². The maximum atomic E-state index is 11.7. The molecule has 0 atom stereocenters. The summed E-state index contributed by atoms with van der Waals surface area (Å²) in [5.74, 6) is 1.84. The van der Waals surface area contributed by atoms with E-state index in [9.17, 15) is 9.59 Å². The van der Waals surface area contributed by atoms with Gasteiger partial charge in [0.05, 0.1) is 0 Å². The van der Waals surface area contributed by atoms with E-state index in [0.29, 0.717) is 6.54 Å². The van der Waals surface area contributed by atoms with Crippen LogP contribution in [0.3, 0.4) is 0 Å². The minimum Gasteiger partial charge on any atom is -0.382 e. The number of hydrogen-bond acceptors (Lipinski definition) is 3. The third kappa shape index (κ3) is 3.11. The predicted molar refractivity (Wildman–Crippen MR) is 77.6 cm³/mol. The third-order valence-electron chi connectivity index (χ3n) is 4.03. The van der Waals surface area contributed by atoms with E-state index >= 15 is 0 Å². The molecule has 0 unspecified atom stereocenters. The van der Waals surface area contributed by atoms with Crippen LogP contribution in [0.1, 0.15) is 27.7 Å². The first-order chi connectivity index (χ1) is 8.05. The van der Waals surface area contributed by atoms with Crippen LogP contribution in [-0.2, 0) is 9.59 Å². The van der Waals surface area contributed by atoms with Crippen molar-refractivity contribution < 1.29 is 9.59 Å². The summed E-state index contributed by atoms with van der Waals surface area (Å²) in [5, 5.41) is 3.05. The first kappa shape index (κ1) is 15.2. The van der Waals surface area contributed by atoms with Gasteiger partial charge in [-0.15, -0.1) is 0 Å². The van der Waals surface area contributed by atoms with Gasteiger partial charge < -0.3 is 9.70 Å². The van der Waals surface area contributed by atoms with Gasteiger partial charge in [0, 0.05) is 13.5 Å². The molecule has 6 heteroatoms. The van der Waals surface area contributed by atoms with E-state index in [1.54, 1.807) is 12.1 Å². The van der Waals surface area contributed by atoms with Crippen molar-refractivity contribution in [1.29, 1.82) is 0 Å². The molecular formula is C12H23BN2O2Si. The van der Waals surface area contributed by atoms with E-state index in [1.807, 2.05) is 0 Å². The molecule has 0 fully saturated rings. The quantitative estimate of drug-likeness (QED) is 0.772. The molecule has 0 aromatic carbocycles. The van der Waals surface area contributed by atoms with Crippen molar-refractivity contribution in [2.75, 3.05) is 6.54 Å². The molecule has 1 amide bonds. The number of hydrogen-bond donors (Lipinski definition) is 1. The number of amides is 1. The predicted octanol–water partition coefficient (Wildman–Crippen LogP) is 1.60. The van der Waals surface area contributed by atoms with Crippen molar-refractivity contribution in [2.45, 2.75) is 45.8 Å². The van der Waals surface area contributed by atoms with Crippen LogP contribution in [0.2, 0.25) is 18.1 Å². The summed E-state index contributed by atoms with van der Waals surface area (Å²) < 4.78 is 2.19. The zero-order valence-corrected chi connectivity index (χ0v) is 13.2. The Kier molecular flexibility index (Phi) is 4.23. The molecule has 0 saturated heterocycles. The smallest absolute Gasteiger partial charge is 0.364 e. The summed E-state index contributed by atoms with van der Waals surface area (Å²) in [6.07, 6.45) is 1.57. The molecule has 0 aliphatic carbocycles. The lowest BCUT2D eigenvalue weighted by Crippen LogP contribution is -2.67. The first-order valence-electron chi connectivity index (χ1n) is 6.30. The summed E-state index contributed by atoms with van der Waals surface area (Å²) in [6.45, 7) is 12.8. The molecule has 18 heavy (non-hydrogen) atoms. The summed E-state index contributed by atoms with van der Waals surface area (Å²) in [6, 6.07) is 0. The second-order valence-electron chi connectivity index (χ2n) is 6.41. The van der Waals surface area contributed by atoms with E-state index < -0.39 is 8.24 Å². The lowest BCUT2D eigenvalue weighted by molar-refractivity contribution is -0.118. The number of carbonyl (C=O) groups excluding carboxylic acids is 2. The van der Waals surface area contributed by atoms with Crippen molar-refractivity contribution in [3.05, 3.63) is 12.1 Å². The van der Waals surface area contributed by atoms with Crippen molar-refractivity contribution in [2.24, 2.45) is 0 Å². The number of rotatable bonds is 2. The van der Waals surface area contributed by atoms with Gasteiger partial charge in [-0.25, -0.2) is 0 Å². The second kappa shape index (κ2) is 5.01. The third-order valence-corrected chi connectivity index (χ3v) is 9.57. The van der Waals surface area contributed by atoms with Crippen LogP contribution in [0.5, 0.6) is 0 Å². The van der Waals surface area contributed by atoms with Crippen molar-refractivity contribution in [3.63, 3.8) is 0 Å². The van der Waals surface area contributed by atoms with Crippen LogP contribution in [0.25, 0.3) is 0 Å². The van der Waals surface area contributed by atoms with Crippen molar-refractivity contribution in [1.82, 2.24) is 9.70 Å². The van der Waals surface area contributed by atoms with Crippen LogP contribution < -0.4 is 5.23 Å².